The number of hydrogen-bond acceptors (Lipinski definition) is 4. The summed E-state index contributed by atoms with van der Waals surface area (Å²) in [5, 5.41) is 3.35. The maximum Gasteiger partial charge on any atom is 0.254 e. The normalized spacial score (nSPS) is 21.2. The second kappa shape index (κ2) is 8.58. The van der Waals surface area contributed by atoms with Gasteiger partial charge in [-0.3, -0.25) is 4.79 Å². The molecule has 1 aromatic carbocycles. The molecule has 1 saturated heterocycles. The molecule has 0 spiro atoms. The zero-order valence-electron chi connectivity index (χ0n) is 14.4. The average Bonchev–Trinajstić information content (AvgIpc) is 3.07. The number of rotatable bonds is 4. The van der Waals surface area contributed by atoms with Crippen molar-refractivity contribution in [1.82, 2.24) is 10.2 Å². The first-order valence-corrected chi connectivity index (χ1v) is 8.54. The molecule has 5 nitrogen and oxygen atoms in total. The molecule has 3 rings (SSSR count). The fourth-order valence-electron chi connectivity index (χ4n) is 3.38. The van der Waals surface area contributed by atoms with E-state index in [1.165, 1.54) is 12.8 Å². The van der Waals surface area contributed by atoms with Crippen molar-refractivity contribution in [2.45, 2.75) is 44.8 Å². The smallest absolute Gasteiger partial charge is 0.254 e. The minimum absolute atomic E-state index is 0. The molecule has 1 aliphatic heterocycles. The van der Waals surface area contributed by atoms with Crippen LogP contribution in [0.25, 0.3) is 0 Å². The van der Waals surface area contributed by atoms with Gasteiger partial charge in [-0.05, 0) is 50.8 Å². The molecule has 1 atom stereocenters. The number of hydrogen-bond donors (Lipinski definition) is 1. The van der Waals surface area contributed by atoms with E-state index < -0.39 is 0 Å². The Morgan fingerprint density at radius 2 is 2.00 bits per heavy atom. The second-order valence-electron chi connectivity index (χ2n) is 6.50. The molecular formula is C18H27ClN2O3. The topological polar surface area (TPSA) is 50.8 Å². The lowest BCUT2D eigenvalue weighted by atomic mass is 10.1. The molecule has 24 heavy (non-hydrogen) atoms. The molecule has 2 aliphatic rings. The first-order valence-electron chi connectivity index (χ1n) is 8.54. The standard InChI is InChI=1S/C18H26N2O3.ClH/c1-13-12-20(10-9-19-13)18(21)14-7-8-16(17(11-14)22-2)23-15-5-3-4-6-15;/h7-8,11,13,15,19H,3-6,9-10,12H2,1-2H3;1H. The molecule has 134 valence electrons. The minimum Gasteiger partial charge on any atom is -0.493 e. The summed E-state index contributed by atoms with van der Waals surface area (Å²) in [7, 11) is 1.62. The summed E-state index contributed by atoms with van der Waals surface area (Å²) in [5.41, 5.74) is 0.662. The molecule has 1 unspecified atom stereocenters. The van der Waals surface area contributed by atoms with Gasteiger partial charge in [-0.25, -0.2) is 0 Å². The quantitative estimate of drug-likeness (QED) is 0.903. The number of nitrogens with one attached hydrogen (secondary N) is 1. The molecule has 1 aliphatic carbocycles. The van der Waals surface area contributed by atoms with Crippen molar-refractivity contribution in [3.8, 4) is 11.5 Å². The van der Waals surface area contributed by atoms with Gasteiger partial charge in [0.05, 0.1) is 13.2 Å². The zero-order valence-corrected chi connectivity index (χ0v) is 15.2. The molecule has 1 heterocycles. The van der Waals surface area contributed by atoms with Gasteiger partial charge >= 0.3 is 0 Å². The third kappa shape index (κ3) is 4.33. The van der Waals surface area contributed by atoms with Gasteiger partial charge in [-0.15, -0.1) is 12.4 Å². The van der Waals surface area contributed by atoms with Crippen LogP contribution in [0.1, 0.15) is 43.0 Å². The Morgan fingerprint density at radius 1 is 1.25 bits per heavy atom. The second-order valence-corrected chi connectivity index (χ2v) is 6.50. The molecule has 0 radical (unpaired) electrons. The Labute approximate surface area is 150 Å². The van der Waals surface area contributed by atoms with Crippen molar-refractivity contribution in [2.24, 2.45) is 0 Å². The van der Waals surface area contributed by atoms with Crippen molar-refractivity contribution in [3.05, 3.63) is 23.8 Å². The highest BCUT2D eigenvalue weighted by atomic mass is 35.5. The highest BCUT2D eigenvalue weighted by Gasteiger charge is 2.23. The number of piperazine rings is 1. The van der Waals surface area contributed by atoms with Gasteiger partial charge in [-0.1, -0.05) is 0 Å². The van der Waals surface area contributed by atoms with Crippen LogP contribution >= 0.6 is 12.4 Å². The molecule has 1 saturated carbocycles. The van der Waals surface area contributed by atoms with Crippen LogP contribution in [0.4, 0.5) is 0 Å². The number of nitrogens with zero attached hydrogens (tertiary/aromatic N) is 1. The van der Waals surface area contributed by atoms with Gasteiger partial charge in [0.15, 0.2) is 11.5 Å². The lowest BCUT2D eigenvalue weighted by Crippen LogP contribution is -2.51. The molecule has 0 bridgehead atoms. The molecule has 2 fully saturated rings. The number of methoxy groups -OCH3 is 1. The number of carbonyl (C=O) groups excluding carboxylic acids is 1. The van der Waals surface area contributed by atoms with Crippen molar-refractivity contribution in [1.29, 1.82) is 0 Å². The summed E-state index contributed by atoms with van der Waals surface area (Å²) in [6.45, 7) is 4.42. The van der Waals surface area contributed by atoms with Crippen molar-refractivity contribution in [2.75, 3.05) is 26.7 Å². The Kier molecular flexibility index (Phi) is 6.75. The molecule has 1 amide bonds. The fraction of sp³-hybridized carbons (Fsp3) is 0.611. The van der Waals surface area contributed by atoms with E-state index in [1.807, 2.05) is 17.0 Å². The van der Waals surface area contributed by atoms with Crippen LogP contribution in [0.2, 0.25) is 0 Å². The van der Waals surface area contributed by atoms with Gasteiger partial charge in [0.25, 0.3) is 5.91 Å². The lowest BCUT2D eigenvalue weighted by Gasteiger charge is -2.32. The Balaban J connectivity index is 0.00000208. The van der Waals surface area contributed by atoms with Crippen molar-refractivity contribution in [3.63, 3.8) is 0 Å². The summed E-state index contributed by atoms with van der Waals surface area (Å²) in [6, 6.07) is 5.86. The molecule has 1 aromatic rings. The van der Waals surface area contributed by atoms with E-state index in [1.54, 1.807) is 13.2 Å². The van der Waals surface area contributed by atoms with Crippen LogP contribution < -0.4 is 14.8 Å². The van der Waals surface area contributed by atoms with E-state index in [2.05, 4.69) is 12.2 Å². The Morgan fingerprint density at radius 3 is 2.67 bits per heavy atom. The molecular weight excluding hydrogens is 328 g/mol. The number of carbonyl (C=O) groups is 1. The van der Waals surface area contributed by atoms with Gasteiger partial charge in [0.1, 0.15) is 0 Å². The zero-order chi connectivity index (χ0) is 16.2. The van der Waals surface area contributed by atoms with E-state index in [9.17, 15) is 4.79 Å². The van der Waals surface area contributed by atoms with E-state index in [0.29, 0.717) is 17.4 Å². The largest absolute Gasteiger partial charge is 0.493 e. The predicted molar refractivity (Wildman–Crippen MR) is 96.5 cm³/mol. The third-order valence-corrected chi connectivity index (χ3v) is 4.66. The van der Waals surface area contributed by atoms with Crippen LogP contribution in [0, 0.1) is 0 Å². The first-order chi connectivity index (χ1) is 11.2. The molecule has 6 heteroatoms. The van der Waals surface area contributed by atoms with Gasteiger partial charge in [-0.2, -0.15) is 0 Å². The van der Waals surface area contributed by atoms with Crippen molar-refractivity contribution >= 4 is 18.3 Å². The maximum absolute atomic E-state index is 12.7. The number of benzene rings is 1. The van der Waals surface area contributed by atoms with E-state index in [0.717, 1.165) is 38.2 Å². The molecule has 0 aromatic heterocycles. The number of amides is 1. The third-order valence-electron chi connectivity index (χ3n) is 4.66. The Hall–Kier alpha value is -1.46. The Bertz CT molecular complexity index is 561. The fourth-order valence-corrected chi connectivity index (χ4v) is 3.38. The van der Waals surface area contributed by atoms with Gasteiger partial charge in [0, 0.05) is 31.2 Å². The SMILES string of the molecule is COc1cc(C(=O)N2CCNC(C)C2)ccc1OC1CCCC1.Cl. The average molecular weight is 355 g/mol. The maximum atomic E-state index is 12.7. The summed E-state index contributed by atoms with van der Waals surface area (Å²) in [4.78, 5) is 14.6. The first kappa shape index (κ1) is 18.9. The van der Waals surface area contributed by atoms with Crippen LogP contribution in [-0.4, -0.2) is 49.7 Å². The van der Waals surface area contributed by atoms with E-state index in [4.69, 9.17) is 9.47 Å². The highest BCUT2D eigenvalue weighted by molar-refractivity contribution is 5.95. The summed E-state index contributed by atoms with van der Waals surface area (Å²) >= 11 is 0. The molecule has 1 N–H and O–H groups in total. The van der Waals surface area contributed by atoms with E-state index in [-0.39, 0.29) is 24.4 Å². The van der Waals surface area contributed by atoms with Gasteiger partial charge in [0.2, 0.25) is 0 Å². The van der Waals surface area contributed by atoms with Crippen LogP contribution in [0.15, 0.2) is 18.2 Å². The number of halogens is 1. The summed E-state index contributed by atoms with van der Waals surface area (Å²) < 4.78 is 11.5. The monoisotopic (exact) mass is 354 g/mol. The predicted octanol–water partition coefficient (Wildman–Crippen LogP) is 2.87. The van der Waals surface area contributed by atoms with Crippen LogP contribution in [-0.2, 0) is 0 Å². The van der Waals surface area contributed by atoms with Crippen LogP contribution in [0.3, 0.4) is 0 Å². The highest BCUT2D eigenvalue weighted by Crippen LogP contribution is 2.32. The van der Waals surface area contributed by atoms with Crippen LogP contribution in [0.5, 0.6) is 11.5 Å². The number of ether oxygens (including phenoxy) is 2. The minimum atomic E-state index is 0. The van der Waals surface area contributed by atoms with Gasteiger partial charge < -0.3 is 19.7 Å². The summed E-state index contributed by atoms with van der Waals surface area (Å²) in [5.74, 6) is 1.44. The van der Waals surface area contributed by atoms with E-state index >= 15 is 0 Å². The van der Waals surface area contributed by atoms with Crippen molar-refractivity contribution < 1.29 is 14.3 Å². The lowest BCUT2D eigenvalue weighted by molar-refractivity contribution is 0.0708. The summed E-state index contributed by atoms with van der Waals surface area (Å²) in [6.07, 6.45) is 4.93.